The largest absolute Gasteiger partial charge is 0.477 e. The maximum atomic E-state index is 13.1. The van der Waals surface area contributed by atoms with Crippen molar-refractivity contribution in [2.24, 2.45) is 10.8 Å². The molecule has 1 aromatic heterocycles. The van der Waals surface area contributed by atoms with Crippen molar-refractivity contribution in [3.8, 4) is 0 Å². The Balaban J connectivity index is 1.65. The summed E-state index contributed by atoms with van der Waals surface area (Å²) in [6.07, 6.45) is 3.28. The molecular weight excluding hydrogens is 316 g/mol. The quantitative estimate of drug-likeness (QED) is 0.870. The second kappa shape index (κ2) is 5.10. The highest BCUT2D eigenvalue weighted by Gasteiger charge is 2.51. The number of likely N-dealkylation sites (tertiary alicyclic amines) is 1. The van der Waals surface area contributed by atoms with Crippen LogP contribution in [0, 0.1) is 10.8 Å². The average Bonchev–Trinajstić information content (AvgIpc) is 3.03. The van der Waals surface area contributed by atoms with Crippen LogP contribution in [0.25, 0.3) is 10.9 Å². The van der Waals surface area contributed by atoms with E-state index in [4.69, 9.17) is 5.11 Å². The number of hydrogen-bond acceptors (Lipinski definition) is 2. The number of nitrogens with one attached hydrogen (secondary N) is 1. The number of nitrogens with zero attached hydrogens (tertiary/aromatic N) is 1. The highest BCUT2D eigenvalue weighted by Crippen LogP contribution is 2.52. The Bertz CT molecular complexity index is 882. The first-order chi connectivity index (χ1) is 11.7. The minimum absolute atomic E-state index is 0.0615. The molecule has 1 amide bonds. The number of carbonyl (C=O) groups is 2. The second-order valence-corrected chi connectivity index (χ2v) is 8.94. The van der Waals surface area contributed by atoms with Gasteiger partial charge < -0.3 is 15.0 Å². The van der Waals surface area contributed by atoms with Crippen molar-refractivity contribution in [3.05, 3.63) is 35.5 Å². The summed E-state index contributed by atoms with van der Waals surface area (Å²) in [5.74, 6) is -0.932. The number of aromatic carboxylic acids is 1. The van der Waals surface area contributed by atoms with E-state index in [-0.39, 0.29) is 22.4 Å². The molecular formula is C20H24N2O3. The molecule has 5 nitrogen and oxygen atoms in total. The van der Waals surface area contributed by atoms with Crippen LogP contribution in [0.15, 0.2) is 24.3 Å². The Morgan fingerprint density at radius 3 is 2.68 bits per heavy atom. The highest BCUT2D eigenvalue weighted by molar-refractivity contribution is 6.00. The summed E-state index contributed by atoms with van der Waals surface area (Å²) in [5.41, 5.74) is 2.00. The lowest BCUT2D eigenvalue weighted by molar-refractivity contribution is 0.0687. The molecule has 2 bridgehead atoms. The van der Waals surface area contributed by atoms with Crippen LogP contribution in [-0.4, -0.2) is 39.5 Å². The maximum absolute atomic E-state index is 13.1. The van der Waals surface area contributed by atoms with Crippen molar-refractivity contribution in [1.82, 2.24) is 9.88 Å². The van der Waals surface area contributed by atoms with E-state index in [0.717, 1.165) is 36.7 Å². The molecule has 1 aliphatic carbocycles. The van der Waals surface area contributed by atoms with Crippen molar-refractivity contribution >= 4 is 22.8 Å². The molecule has 2 aromatic rings. The molecule has 2 atom stereocenters. The summed E-state index contributed by atoms with van der Waals surface area (Å²) < 4.78 is 0. The zero-order chi connectivity index (χ0) is 18.0. The molecule has 25 heavy (non-hydrogen) atoms. The lowest BCUT2D eigenvalue weighted by Gasteiger charge is -2.39. The predicted octanol–water partition coefficient (Wildman–Crippen LogP) is 3.91. The molecule has 2 N–H and O–H groups in total. The van der Waals surface area contributed by atoms with Crippen LogP contribution in [-0.2, 0) is 0 Å². The number of aromatic nitrogens is 1. The van der Waals surface area contributed by atoms with Crippen molar-refractivity contribution in [2.75, 3.05) is 6.54 Å². The standard InChI is InChI=1S/C20H24N2O3/c1-19(2)8-14-9-20(3,10-19)11-22(14)17(23)12-4-5-15-13(6-12)7-16(21-15)18(24)25/h4-7,14,21H,8-11H2,1-3H3,(H,24,25). The van der Waals surface area contributed by atoms with Gasteiger partial charge in [-0.25, -0.2) is 4.79 Å². The third-order valence-electron chi connectivity index (χ3n) is 5.77. The van der Waals surface area contributed by atoms with E-state index in [1.807, 2.05) is 4.90 Å². The molecule has 0 spiro atoms. The van der Waals surface area contributed by atoms with E-state index in [2.05, 4.69) is 25.8 Å². The smallest absolute Gasteiger partial charge is 0.352 e. The fourth-order valence-electron chi connectivity index (χ4n) is 5.24. The fraction of sp³-hybridized carbons (Fsp3) is 0.500. The van der Waals surface area contributed by atoms with E-state index >= 15 is 0 Å². The summed E-state index contributed by atoms with van der Waals surface area (Å²) in [6.45, 7) is 7.70. The Morgan fingerprint density at radius 2 is 1.96 bits per heavy atom. The van der Waals surface area contributed by atoms with Gasteiger partial charge in [0.25, 0.3) is 5.91 Å². The second-order valence-electron chi connectivity index (χ2n) is 8.94. The van der Waals surface area contributed by atoms with Gasteiger partial charge in [0.1, 0.15) is 5.69 Å². The lowest BCUT2D eigenvalue weighted by Crippen LogP contribution is -2.37. The molecule has 1 aliphatic heterocycles. The highest BCUT2D eigenvalue weighted by atomic mass is 16.4. The van der Waals surface area contributed by atoms with E-state index in [1.165, 1.54) is 0 Å². The Hall–Kier alpha value is -2.30. The first kappa shape index (κ1) is 16.2. The number of rotatable bonds is 2. The minimum atomic E-state index is -0.993. The molecule has 2 unspecified atom stereocenters. The summed E-state index contributed by atoms with van der Waals surface area (Å²) in [7, 11) is 0. The number of benzene rings is 1. The van der Waals surface area contributed by atoms with Gasteiger partial charge in [0.05, 0.1) is 0 Å². The molecule has 1 saturated heterocycles. The Labute approximate surface area is 147 Å². The minimum Gasteiger partial charge on any atom is -0.477 e. The molecule has 5 heteroatoms. The number of amides is 1. The summed E-state index contributed by atoms with van der Waals surface area (Å²) >= 11 is 0. The van der Waals surface area contributed by atoms with E-state index in [0.29, 0.717) is 11.6 Å². The first-order valence-electron chi connectivity index (χ1n) is 8.83. The van der Waals surface area contributed by atoms with Crippen LogP contribution in [0.5, 0.6) is 0 Å². The molecule has 4 rings (SSSR count). The Kier molecular flexibility index (Phi) is 3.30. The van der Waals surface area contributed by atoms with Gasteiger partial charge in [-0.15, -0.1) is 0 Å². The normalized spacial score (nSPS) is 27.6. The Morgan fingerprint density at radius 1 is 1.20 bits per heavy atom. The van der Waals surface area contributed by atoms with Crippen LogP contribution >= 0.6 is 0 Å². The molecule has 2 aliphatic rings. The third-order valence-corrected chi connectivity index (χ3v) is 5.77. The molecule has 1 aromatic carbocycles. The van der Waals surface area contributed by atoms with E-state index in [1.54, 1.807) is 24.3 Å². The van der Waals surface area contributed by atoms with Gasteiger partial charge in [0.15, 0.2) is 0 Å². The van der Waals surface area contributed by atoms with E-state index in [9.17, 15) is 9.59 Å². The van der Waals surface area contributed by atoms with Crippen LogP contribution in [0.4, 0.5) is 0 Å². The van der Waals surface area contributed by atoms with Gasteiger partial charge in [-0.3, -0.25) is 4.79 Å². The van der Waals surface area contributed by atoms with Crippen LogP contribution in [0.2, 0.25) is 0 Å². The van der Waals surface area contributed by atoms with Gasteiger partial charge in [-0.2, -0.15) is 0 Å². The number of carboxylic acid groups (broad SMARTS) is 1. The zero-order valence-corrected chi connectivity index (χ0v) is 14.9. The molecule has 2 heterocycles. The van der Waals surface area contributed by atoms with Gasteiger partial charge in [0, 0.05) is 29.1 Å². The molecule has 2 fully saturated rings. The summed E-state index contributed by atoms with van der Waals surface area (Å²) in [4.78, 5) is 29.1. The monoisotopic (exact) mass is 340 g/mol. The summed E-state index contributed by atoms with van der Waals surface area (Å²) in [6, 6.07) is 7.28. The number of H-pyrrole nitrogens is 1. The predicted molar refractivity (Wildman–Crippen MR) is 95.8 cm³/mol. The number of hydrogen-bond donors (Lipinski definition) is 2. The number of aromatic amines is 1. The number of carboxylic acids is 1. The number of fused-ring (bicyclic) bond motifs is 3. The third kappa shape index (κ3) is 2.71. The van der Waals surface area contributed by atoms with Gasteiger partial charge in [0.2, 0.25) is 0 Å². The SMILES string of the molecule is CC1(C)CC2CC(C)(CN2C(=O)c2ccc3[nH]c(C(=O)O)cc3c2)C1. The lowest BCUT2D eigenvalue weighted by atomic mass is 9.65. The summed E-state index contributed by atoms with van der Waals surface area (Å²) in [5, 5.41) is 9.87. The van der Waals surface area contributed by atoms with Crippen LogP contribution in [0.1, 0.15) is 60.9 Å². The van der Waals surface area contributed by atoms with Crippen LogP contribution in [0.3, 0.4) is 0 Å². The number of carbonyl (C=O) groups excluding carboxylic acids is 1. The maximum Gasteiger partial charge on any atom is 0.352 e. The van der Waals surface area contributed by atoms with Crippen molar-refractivity contribution in [3.63, 3.8) is 0 Å². The molecule has 132 valence electrons. The van der Waals surface area contributed by atoms with Crippen LogP contribution < -0.4 is 0 Å². The van der Waals surface area contributed by atoms with Crippen molar-refractivity contribution in [2.45, 2.75) is 46.1 Å². The van der Waals surface area contributed by atoms with E-state index < -0.39 is 5.97 Å². The first-order valence-corrected chi connectivity index (χ1v) is 8.83. The van der Waals surface area contributed by atoms with Gasteiger partial charge in [-0.05, 0) is 54.4 Å². The molecule has 0 radical (unpaired) electrons. The van der Waals surface area contributed by atoms with Gasteiger partial charge >= 0.3 is 5.97 Å². The zero-order valence-electron chi connectivity index (χ0n) is 14.9. The molecule has 1 saturated carbocycles. The van der Waals surface area contributed by atoms with Gasteiger partial charge in [-0.1, -0.05) is 20.8 Å². The van der Waals surface area contributed by atoms with Crippen molar-refractivity contribution < 1.29 is 14.7 Å². The fourth-order valence-corrected chi connectivity index (χ4v) is 5.24. The average molecular weight is 340 g/mol. The van der Waals surface area contributed by atoms with Crippen molar-refractivity contribution in [1.29, 1.82) is 0 Å². The topological polar surface area (TPSA) is 73.4 Å².